The summed E-state index contributed by atoms with van der Waals surface area (Å²) in [5.74, 6) is 0.716. The number of β-amino-alcohol motifs (C(OH)–C–C–N with tert-alkyl or cyclic N) is 1. The molecule has 1 atom stereocenters. The van der Waals surface area contributed by atoms with Crippen molar-refractivity contribution >= 4 is 11.6 Å². The van der Waals surface area contributed by atoms with Gasteiger partial charge in [0, 0.05) is 24.2 Å². The van der Waals surface area contributed by atoms with Crippen LogP contribution in [0.4, 0.5) is 0 Å². The van der Waals surface area contributed by atoms with E-state index in [0.717, 1.165) is 6.54 Å². The summed E-state index contributed by atoms with van der Waals surface area (Å²) in [5, 5.41) is 11.7. The molecule has 0 bridgehead atoms. The van der Waals surface area contributed by atoms with Crippen molar-refractivity contribution in [2.75, 3.05) is 32.9 Å². The average molecular weight is 368 g/mol. The van der Waals surface area contributed by atoms with E-state index in [0.29, 0.717) is 42.0 Å². The lowest BCUT2D eigenvalue weighted by molar-refractivity contribution is -0.0691. The monoisotopic (exact) mass is 367 g/mol. The predicted octanol–water partition coefficient (Wildman–Crippen LogP) is 3.75. The summed E-state index contributed by atoms with van der Waals surface area (Å²) in [4.78, 5) is 2.41. The average Bonchev–Trinajstić information content (AvgIpc) is 2.77. The molecule has 140 valence electrons. The standard InChI is InChI=1S/C20H30ClNO3/c1-19(2)9-7-17(8-10-19)22-11-12-24-14-20(23,13-22)15-25-18-5-3-16(21)4-6-18/h3-6,17,23H,7-15H2,1-2H3/t20-/m1/s1. The van der Waals surface area contributed by atoms with E-state index in [1.54, 1.807) is 12.1 Å². The van der Waals surface area contributed by atoms with Crippen LogP contribution in [0.5, 0.6) is 5.75 Å². The third-order valence-corrected chi connectivity index (χ3v) is 5.79. The Morgan fingerprint density at radius 2 is 1.92 bits per heavy atom. The van der Waals surface area contributed by atoms with Gasteiger partial charge in [0.25, 0.3) is 0 Å². The highest BCUT2D eigenvalue weighted by Gasteiger charge is 2.38. The number of hydrogen-bond donors (Lipinski definition) is 1. The first-order valence-electron chi connectivity index (χ1n) is 9.28. The highest BCUT2D eigenvalue weighted by molar-refractivity contribution is 6.30. The molecular weight excluding hydrogens is 338 g/mol. The highest BCUT2D eigenvalue weighted by atomic mass is 35.5. The van der Waals surface area contributed by atoms with Gasteiger partial charge in [0.1, 0.15) is 18.0 Å². The molecule has 1 heterocycles. The number of halogens is 1. The number of rotatable bonds is 4. The van der Waals surface area contributed by atoms with Gasteiger partial charge in [0.05, 0.1) is 13.2 Å². The molecule has 2 fully saturated rings. The van der Waals surface area contributed by atoms with Gasteiger partial charge in [-0.15, -0.1) is 0 Å². The molecule has 0 unspecified atom stereocenters. The van der Waals surface area contributed by atoms with Gasteiger partial charge in [-0.3, -0.25) is 4.90 Å². The van der Waals surface area contributed by atoms with E-state index >= 15 is 0 Å². The molecule has 1 aliphatic carbocycles. The molecule has 3 rings (SSSR count). The van der Waals surface area contributed by atoms with Crippen molar-refractivity contribution in [3.05, 3.63) is 29.3 Å². The molecule has 4 nitrogen and oxygen atoms in total. The van der Waals surface area contributed by atoms with Crippen LogP contribution < -0.4 is 4.74 Å². The van der Waals surface area contributed by atoms with Crippen LogP contribution >= 0.6 is 11.6 Å². The normalized spacial score (nSPS) is 28.5. The lowest BCUT2D eigenvalue weighted by atomic mass is 9.75. The molecule has 1 aliphatic heterocycles. The van der Waals surface area contributed by atoms with Crippen molar-refractivity contribution in [3.8, 4) is 5.75 Å². The van der Waals surface area contributed by atoms with Crippen LogP contribution in [0.2, 0.25) is 5.02 Å². The molecule has 0 spiro atoms. The Labute approximate surface area is 156 Å². The van der Waals surface area contributed by atoms with Crippen LogP contribution in [0.1, 0.15) is 39.5 Å². The third kappa shape index (κ3) is 5.33. The summed E-state index contributed by atoms with van der Waals surface area (Å²) in [7, 11) is 0. The van der Waals surface area contributed by atoms with E-state index in [1.165, 1.54) is 25.7 Å². The maximum Gasteiger partial charge on any atom is 0.134 e. The second-order valence-corrected chi connectivity index (χ2v) is 8.82. The number of aliphatic hydroxyl groups is 1. The Morgan fingerprint density at radius 1 is 1.24 bits per heavy atom. The van der Waals surface area contributed by atoms with Crippen LogP contribution in [0.15, 0.2) is 24.3 Å². The van der Waals surface area contributed by atoms with Gasteiger partial charge in [-0.05, 0) is 55.4 Å². The summed E-state index contributed by atoms with van der Waals surface area (Å²) < 4.78 is 11.5. The Balaban J connectivity index is 1.59. The van der Waals surface area contributed by atoms with Gasteiger partial charge in [0.15, 0.2) is 0 Å². The maximum absolute atomic E-state index is 11.1. The fraction of sp³-hybridized carbons (Fsp3) is 0.700. The van der Waals surface area contributed by atoms with E-state index in [9.17, 15) is 5.11 Å². The Hall–Kier alpha value is -0.810. The number of hydrogen-bond acceptors (Lipinski definition) is 4. The van der Waals surface area contributed by atoms with Crippen molar-refractivity contribution in [2.24, 2.45) is 5.41 Å². The van der Waals surface area contributed by atoms with E-state index in [-0.39, 0.29) is 6.61 Å². The van der Waals surface area contributed by atoms with Crippen molar-refractivity contribution in [3.63, 3.8) is 0 Å². The lowest BCUT2D eigenvalue weighted by Gasteiger charge is -2.41. The summed E-state index contributed by atoms with van der Waals surface area (Å²) in [6, 6.07) is 7.77. The van der Waals surface area contributed by atoms with Crippen LogP contribution in [-0.2, 0) is 4.74 Å². The molecule has 2 aliphatic rings. The number of nitrogens with zero attached hydrogens (tertiary/aromatic N) is 1. The predicted molar refractivity (Wildman–Crippen MR) is 100 cm³/mol. The molecule has 1 saturated heterocycles. The third-order valence-electron chi connectivity index (χ3n) is 5.54. The molecule has 1 aromatic rings. The first-order valence-corrected chi connectivity index (χ1v) is 9.66. The molecular formula is C20H30ClNO3. The minimum atomic E-state index is -0.983. The summed E-state index contributed by atoms with van der Waals surface area (Å²) >= 11 is 5.90. The Morgan fingerprint density at radius 3 is 2.60 bits per heavy atom. The zero-order valence-electron chi connectivity index (χ0n) is 15.3. The summed E-state index contributed by atoms with van der Waals surface area (Å²) in [6.07, 6.45) is 4.88. The van der Waals surface area contributed by atoms with Gasteiger partial charge >= 0.3 is 0 Å². The fourth-order valence-corrected chi connectivity index (χ4v) is 3.97. The number of benzene rings is 1. The van der Waals surface area contributed by atoms with Crippen molar-refractivity contribution < 1.29 is 14.6 Å². The minimum absolute atomic E-state index is 0.226. The molecule has 0 radical (unpaired) electrons. The van der Waals surface area contributed by atoms with E-state index in [1.807, 2.05) is 12.1 Å². The largest absolute Gasteiger partial charge is 0.490 e. The summed E-state index contributed by atoms with van der Waals surface area (Å²) in [5.41, 5.74) is -0.532. The van der Waals surface area contributed by atoms with E-state index in [2.05, 4.69) is 18.7 Å². The molecule has 1 aromatic carbocycles. The van der Waals surface area contributed by atoms with Crippen LogP contribution in [0.25, 0.3) is 0 Å². The first-order chi connectivity index (χ1) is 11.9. The molecule has 25 heavy (non-hydrogen) atoms. The zero-order chi connectivity index (χ0) is 17.9. The minimum Gasteiger partial charge on any atom is -0.490 e. The van der Waals surface area contributed by atoms with Crippen molar-refractivity contribution in [2.45, 2.75) is 51.2 Å². The smallest absolute Gasteiger partial charge is 0.134 e. The summed E-state index contributed by atoms with van der Waals surface area (Å²) in [6.45, 7) is 7.40. The topological polar surface area (TPSA) is 41.9 Å². The number of ether oxygens (including phenoxy) is 2. The maximum atomic E-state index is 11.1. The molecule has 5 heteroatoms. The van der Waals surface area contributed by atoms with Gasteiger partial charge in [-0.25, -0.2) is 0 Å². The Bertz CT molecular complexity index is 553. The second-order valence-electron chi connectivity index (χ2n) is 8.39. The highest BCUT2D eigenvalue weighted by Crippen LogP contribution is 2.37. The zero-order valence-corrected chi connectivity index (χ0v) is 16.1. The first kappa shape index (κ1) is 19.0. The second kappa shape index (κ2) is 7.83. The molecule has 0 aromatic heterocycles. The van der Waals surface area contributed by atoms with Crippen LogP contribution in [0, 0.1) is 5.41 Å². The van der Waals surface area contributed by atoms with E-state index in [4.69, 9.17) is 21.1 Å². The Kier molecular flexibility index (Phi) is 5.94. The van der Waals surface area contributed by atoms with Crippen LogP contribution in [0.3, 0.4) is 0 Å². The van der Waals surface area contributed by atoms with Gasteiger partial charge in [-0.1, -0.05) is 25.4 Å². The van der Waals surface area contributed by atoms with E-state index < -0.39 is 5.60 Å². The van der Waals surface area contributed by atoms with Gasteiger partial charge in [-0.2, -0.15) is 0 Å². The lowest BCUT2D eigenvalue weighted by Crippen LogP contribution is -2.52. The fourth-order valence-electron chi connectivity index (χ4n) is 3.84. The van der Waals surface area contributed by atoms with Crippen LogP contribution in [-0.4, -0.2) is 54.6 Å². The molecule has 1 N–H and O–H groups in total. The van der Waals surface area contributed by atoms with Gasteiger partial charge < -0.3 is 14.6 Å². The van der Waals surface area contributed by atoms with Crippen molar-refractivity contribution in [1.82, 2.24) is 4.90 Å². The van der Waals surface area contributed by atoms with Gasteiger partial charge in [0.2, 0.25) is 0 Å². The quantitative estimate of drug-likeness (QED) is 0.880. The molecule has 0 amide bonds. The van der Waals surface area contributed by atoms with Crippen molar-refractivity contribution in [1.29, 1.82) is 0 Å². The SMILES string of the molecule is CC1(C)CCC(N2CCOC[C@@](O)(COc3ccc(Cl)cc3)C2)CC1. The molecule has 1 saturated carbocycles.